The Morgan fingerprint density at radius 2 is 1.93 bits per heavy atom. The minimum atomic E-state index is -3.59. The lowest BCUT2D eigenvalue weighted by molar-refractivity contribution is -0.116. The highest BCUT2D eigenvalue weighted by Gasteiger charge is 2.19. The molecule has 2 aliphatic heterocycles. The molecule has 0 unspecified atom stereocenters. The fraction of sp³-hybridized carbons (Fsp3) is 0.350. The number of fused-ring (bicyclic) bond motifs is 2. The number of rotatable bonds is 5. The molecule has 7 heteroatoms. The van der Waals surface area contributed by atoms with Crippen LogP contribution in [0.2, 0.25) is 0 Å². The number of nitrogens with one attached hydrogen (secondary N) is 2. The van der Waals surface area contributed by atoms with E-state index in [1.807, 2.05) is 12.1 Å². The van der Waals surface area contributed by atoms with Crippen molar-refractivity contribution < 1.29 is 17.9 Å². The zero-order valence-electron chi connectivity index (χ0n) is 15.0. The van der Waals surface area contributed by atoms with Crippen LogP contribution in [0.5, 0.6) is 5.75 Å². The van der Waals surface area contributed by atoms with E-state index in [-0.39, 0.29) is 10.8 Å². The fourth-order valence-corrected chi connectivity index (χ4v) is 4.61. The van der Waals surface area contributed by atoms with Gasteiger partial charge in [0.2, 0.25) is 15.9 Å². The Balaban J connectivity index is 1.43. The van der Waals surface area contributed by atoms with Crippen LogP contribution in [0.25, 0.3) is 0 Å². The van der Waals surface area contributed by atoms with Crippen LogP contribution in [0.4, 0.5) is 5.69 Å². The van der Waals surface area contributed by atoms with Crippen LogP contribution in [-0.2, 0) is 34.1 Å². The average molecular weight is 386 g/mol. The summed E-state index contributed by atoms with van der Waals surface area (Å²) in [4.78, 5) is 11.9. The lowest BCUT2D eigenvalue weighted by Crippen LogP contribution is -2.26. The molecule has 0 bridgehead atoms. The van der Waals surface area contributed by atoms with Gasteiger partial charge < -0.3 is 10.1 Å². The van der Waals surface area contributed by atoms with Crippen molar-refractivity contribution in [2.45, 2.75) is 37.0 Å². The van der Waals surface area contributed by atoms with Gasteiger partial charge in [-0.05, 0) is 60.2 Å². The van der Waals surface area contributed by atoms with Crippen LogP contribution in [-0.4, -0.2) is 27.5 Å². The monoisotopic (exact) mass is 386 g/mol. The fourth-order valence-electron chi connectivity index (χ4n) is 3.53. The Morgan fingerprint density at radius 1 is 1.04 bits per heavy atom. The first-order chi connectivity index (χ1) is 13.0. The van der Waals surface area contributed by atoms with Crippen LogP contribution in [0.15, 0.2) is 41.3 Å². The molecule has 0 saturated heterocycles. The molecule has 27 heavy (non-hydrogen) atoms. The Kier molecular flexibility index (Phi) is 4.88. The average Bonchev–Trinajstić information content (AvgIpc) is 3.02. The first-order valence-corrected chi connectivity index (χ1v) is 10.7. The lowest BCUT2D eigenvalue weighted by Gasteiger charge is -2.11. The highest BCUT2D eigenvalue weighted by molar-refractivity contribution is 7.89. The van der Waals surface area contributed by atoms with Gasteiger partial charge in [0.25, 0.3) is 0 Å². The molecule has 0 saturated carbocycles. The predicted molar refractivity (Wildman–Crippen MR) is 103 cm³/mol. The van der Waals surface area contributed by atoms with E-state index in [2.05, 4.69) is 16.1 Å². The van der Waals surface area contributed by atoms with Gasteiger partial charge in [-0.2, -0.15) is 0 Å². The van der Waals surface area contributed by atoms with Crippen molar-refractivity contribution in [1.29, 1.82) is 0 Å². The van der Waals surface area contributed by atoms with Gasteiger partial charge in [0.1, 0.15) is 5.75 Å². The molecule has 2 aromatic rings. The van der Waals surface area contributed by atoms with Gasteiger partial charge in [0.05, 0.1) is 11.5 Å². The third-order valence-corrected chi connectivity index (χ3v) is 6.43. The predicted octanol–water partition coefficient (Wildman–Crippen LogP) is 2.42. The van der Waals surface area contributed by atoms with Crippen molar-refractivity contribution in [3.05, 3.63) is 53.1 Å². The summed E-state index contributed by atoms with van der Waals surface area (Å²) in [6, 6.07) is 10.9. The number of anilines is 1. The third kappa shape index (κ3) is 3.99. The minimum Gasteiger partial charge on any atom is -0.493 e. The summed E-state index contributed by atoms with van der Waals surface area (Å²) in [6.07, 6.45) is 3.39. The topological polar surface area (TPSA) is 84.5 Å². The van der Waals surface area contributed by atoms with E-state index >= 15 is 0 Å². The minimum absolute atomic E-state index is 0.0257. The first kappa shape index (κ1) is 18.0. The van der Waals surface area contributed by atoms with E-state index in [0.29, 0.717) is 38.1 Å². The molecule has 2 aromatic carbocycles. The van der Waals surface area contributed by atoms with Crippen LogP contribution < -0.4 is 14.8 Å². The Morgan fingerprint density at radius 3 is 2.81 bits per heavy atom. The maximum Gasteiger partial charge on any atom is 0.240 e. The van der Waals surface area contributed by atoms with E-state index in [1.165, 1.54) is 5.56 Å². The molecule has 1 amide bonds. The number of sulfonamides is 1. The van der Waals surface area contributed by atoms with E-state index in [0.717, 1.165) is 29.7 Å². The number of benzene rings is 2. The van der Waals surface area contributed by atoms with Crippen molar-refractivity contribution >= 4 is 21.6 Å². The second kappa shape index (κ2) is 7.32. The summed E-state index contributed by atoms with van der Waals surface area (Å²) in [7, 11) is -3.59. The first-order valence-electron chi connectivity index (χ1n) is 9.18. The molecular weight excluding hydrogens is 364 g/mol. The SMILES string of the molecule is O=C1CCCc2cc(S(=O)(=O)NCCc3ccc4c(c3)CCO4)ccc2N1. The maximum absolute atomic E-state index is 12.6. The molecule has 4 rings (SSSR count). The maximum atomic E-state index is 12.6. The summed E-state index contributed by atoms with van der Waals surface area (Å²) in [5.41, 5.74) is 3.84. The zero-order valence-corrected chi connectivity index (χ0v) is 15.8. The largest absolute Gasteiger partial charge is 0.493 e. The number of carbonyl (C=O) groups is 1. The quantitative estimate of drug-likeness (QED) is 0.827. The molecular formula is C20H22N2O4S. The van der Waals surface area contributed by atoms with Crippen molar-refractivity contribution in [3.8, 4) is 5.75 Å². The van der Waals surface area contributed by atoms with Crippen molar-refractivity contribution in [2.75, 3.05) is 18.5 Å². The lowest BCUT2D eigenvalue weighted by atomic mass is 10.1. The molecule has 0 fully saturated rings. The number of hydrogen-bond acceptors (Lipinski definition) is 4. The standard InChI is InChI=1S/C20H22N2O4S/c23-20-3-1-2-15-13-17(5-6-18(15)22-20)27(24,25)21-10-8-14-4-7-19-16(12-14)9-11-26-19/h4-7,12-13,21H,1-3,8-11H2,(H,22,23). The van der Waals surface area contributed by atoms with Gasteiger partial charge in [-0.1, -0.05) is 12.1 Å². The zero-order chi connectivity index (χ0) is 18.9. The van der Waals surface area contributed by atoms with Gasteiger partial charge in [0.15, 0.2) is 0 Å². The van der Waals surface area contributed by atoms with Gasteiger partial charge in [0, 0.05) is 25.1 Å². The van der Waals surface area contributed by atoms with Crippen LogP contribution in [0, 0.1) is 0 Å². The molecule has 0 aromatic heterocycles. The van der Waals surface area contributed by atoms with Gasteiger partial charge in [-0.25, -0.2) is 13.1 Å². The third-order valence-electron chi connectivity index (χ3n) is 4.97. The molecule has 2 heterocycles. The van der Waals surface area contributed by atoms with Crippen LogP contribution in [0.3, 0.4) is 0 Å². The molecule has 0 radical (unpaired) electrons. The highest BCUT2D eigenvalue weighted by atomic mass is 32.2. The smallest absolute Gasteiger partial charge is 0.240 e. The molecule has 6 nitrogen and oxygen atoms in total. The molecule has 142 valence electrons. The number of aryl methyl sites for hydroxylation is 1. The molecule has 2 aliphatic rings. The molecule has 0 spiro atoms. The Bertz CT molecular complexity index is 985. The van der Waals surface area contributed by atoms with Crippen LogP contribution >= 0.6 is 0 Å². The van der Waals surface area contributed by atoms with Gasteiger partial charge >= 0.3 is 0 Å². The summed E-state index contributed by atoms with van der Waals surface area (Å²) in [5.74, 6) is 0.902. The van der Waals surface area contributed by atoms with Crippen LogP contribution in [0.1, 0.15) is 29.5 Å². The highest BCUT2D eigenvalue weighted by Crippen LogP contribution is 2.27. The normalized spacial score (nSPS) is 16.1. The summed E-state index contributed by atoms with van der Waals surface area (Å²) in [5, 5.41) is 2.82. The number of hydrogen-bond donors (Lipinski definition) is 2. The molecule has 2 N–H and O–H groups in total. The molecule has 0 atom stereocenters. The number of carbonyl (C=O) groups excluding carboxylic acids is 1. The van der Waals surface area contributed by atoms with Gasteiger partial charge in [-0.3, -0.25) is 4.79 Å². The van der Waals surface area contributed by atoms with Crippen molar-refractivity contribution in [3.63, 3.8) is 0 Å². The Hall–Kier alpha value is -2.38. The summed E-state index contributed by atoms with van der Waals surface area (Å²) in [6.45, 7) is 1.04. The summed E-state index contributed by atoms with van der Waals surface area (Å²) < 4.78 is 33.4. The number of ether oxygens (including phenoxy) is 1. The molecule has 0 aliphatic carbocycles. The van der Waals surface area contributed by atoms with E-state index in [4.69, 9.17) is 4.74 Å². The second-order valence-electron chi connectivity index (χ2n) is 6.91. The van der Waals surface area contributed by atoms with Crippen molar-refractivity contribution in [1.82, 2.24) is 4.72 Å². The van der Waals surface area contributed by atoms with Crippen molar-refractivity contribution in [2.24, 2.45) is 0 Å². The van der Waals surface area contributed by atoms with E-state index in [9.17, 15) is 13.2 Å². The second-order valence-corrected chi connectivity index (χ2v) is 8.68. The van der Waals surface area contributed by atoms with E-state index in [1.54, 1.807) is 18.2 Å². The number of amides is 1. The van der Waals surface area contributed by atoms with E-state index < -0.39 is 10.0 Å². The van der Waals surface area contributed by atoms with Gasteiger partial charge in [-0.15, -0.1) is 0 Å². The Labute approximate surface area is 159 Å². The summed E-state index contributed by atoms with van der Waals surface area (Å²) >= 11 is 0.